The standard InChI is InChI=1S/C37H42N4O5.C31H37BrN4O4/c1-23(35(45)46-37(5,6)7)40-34(44)31(41-33(43)27-12-16-29(17-13-27)36(2,3)4)20-24-8-10-26(11-9-24)32-38-21-28(22-39-32)25-14-18-30(42)19-15-25;1-19(29(39)40-31(5,6)7)35-28(38)25(36-27(37)22-12-14-23(15-13-22)30(2,3)4)16-20-8-10-21(11-9-20)26-33-17-24(32)18-34-26/h8-19,21-23,31,42H,20H2,1-7H3,(H,40,44)(H,41,43);8-15,17-19,25H,16H2,1-7H3,(H,35,38)(H,36,37)/t23-,31+;19-,25+/m11/s1. The number of carbonyl (C=O) groups is 6. The van der Waals surface area contributed by atoms with Crippen LogP contribution in [0.15, 0.2) is 151 Å². The van der Waals surface area contributed by atoms with Gasteiger partial charge in [0.2, 0.25) is 11.8 Å². The largest absolute Gasteiger partial charge is 0.508 e. The number of phenols is 1. The van der Waals surface area contributed by atoms with Gasteiger partial charge in [0.15, 0.2) is 11.6 Å². The van der Waals surface area contributed by atoms with E-state index in [-0.39, 0.29) is 35.3 Å². The van der Waals surface area contributed by atoms with Gasteiger partial charge < -0.3 is 35.8 Å². The number of halogens is 1. The van der Waals surface area contributed by atoms with Crippen molar-refractivity contribution in [2.24, 2.45) is 0 Å². The lowest BCUT2D eigenvalue weighted by molar-refractivity contribution is -0.158. The number of hydrogen-bond donors (Lipinski definition) is 5. The number of benzene rings is 5. The molecule has 7 aromatic rings. The average molecular weight is 1230 g/mol. The minimum atomic E-state index is -0.966. The molecule has 2 heterocycles. The Kier molecular flexibility index (Phi) is 22.0. The monoisotopic (exact) mass is 1230 g/mol. The number of hydrogen-bond acceptors (Lipinski definition) is 13. The first-order chi connectivity index (χ1) is 40.2. The molecule has 0 aliphatic heterocycles. The summed E-state index contributed by atoms with van der Waals surface area (Å²) in [4.78, 5) is 96.0. The van der Waals surface area contributed by atoms with Gasteiger partial charge in [-0.3, -0.25) is 19.2 Å². The van der Waals surface area contributed by atoms with Crippen LogP contribution in [0.25, 0.3) is 33.9 Å². The Morgan fingerprint density at radius 3 is 1.09 bits per heavy atom. The maximum atomic E-state index is 13.5. The maximum Gasteiger partial charge on any atom is 0.328 e. The summed E-state index contributed by atoms with van der Waals surface area (Å²) in [5.74, 6) is -1.60. The summed E-state index contributed by atoms with van der Waals surface area (Å²) in [5, 5.41) is 20.7. The van der Waals surface area contributed by atoms with Crippen LogP contribution in [0.1, 0.15) is 140 Å². The first-order valence-corrected chi connectivity index (χ1v) is 29.2. The van der Waals surface area contributed by atoms with E-state index in [1.54, 1.807) is 129 Å². The normalized spacial score (nSPS) is 13.1. The predicted octanol–water partition coefficient (Wildman–Crippen LogP) is 11.4. The van der Waals surface area contributed by atoms with Crippen molar-refractivity contribution in [2.75, 3.05) is 0 Å². The molecule has 0 unspecified atom stereocenters. The van der Waals surface area contributed by atoms with Crippen molar-refractivity contribution in [1.29, 1.82) is 0 Å². The molecular formula is C68H79BrN8O9. The Bertz CT molecular complexity index is 3440. The second-order valence-electron chi connectivity index (χ2n) is 25.1. The van der Waals surface area contributed by atoms with Gasteiger partial charge in [-0.05, 0) is 146 Å². The zero-order valence-corrected chi connectivity index (χ0v) is 53.0. The molecule has 17 nitrogen and oxygen atoms in total. The van der Waals surface area contributed by atoms with Crippen LogP contribution in [0, 0.1) is 0 Å². The number of rotatable bonds is 17. The number of ether oxygens (including phenoxy) is 2. The SMILES string of the molecule is C[C@@H](NC(=O)[C@H](Cc1ccc(-c2ncc(-c3ccc(O)cc3)cn2)cc1)NC(=O)c1ccc(C(C)(C)C)cc1)C(=O)OC(C)(C)C.C[C@@H](NC(=O)[C@H](Cc1ccc(-c2ncc(Br)cn2)cc1)NC(=O)c1ccc(C(C)(C)C)cc1)C(=O)OC(C)(C)C. The van der Waals surface area contributed by atoms with Gasteiger partial charge >= 0.3 is 11.9 Å². The minimum absolute atomic E-state index is 0.0529. The van der Waals surface area contributed by atoms with Gasteiger partial charge in [-0.15, -0.1) is 0 Å². The summed E-state index contributed by atoms with van der Waals surface area (Å²) in [5.41, 5.74) is 6.43. The third-order valence-corrected chi connectivity index (χ3v) is 13.7. The lowest BCUT2D eigenvalue weighted by Gasteiger charge is -2.25. The molecule has 0 bridgehead atoms. The molecule has 0 radical (unpaired) electrons. The molecule has 4 atom stereocenters. The summed E-state index contributed by atoms with van der Waals surface area (Å²) >= 11 is 3.33. The molecule has 5 N–H and O–H groups in total. The highest BCUT2D eigenvalue weighted by atomic mass is 79.9. The van der Waals surface area contributed by atoms with Crippen molar-refractivity contribution in [3.05, 3.63) is 184 Å². The predicted molar refractivity (Wildman–Crippen MR) is 337 cm³/mol. The molecule has 452 valence electrons. The Balaban J connectivity index is 0.000000278. The molecule has 0 spiro atoms. The van der Waals surface area contributed by atoms with Gasteiger partial charge in [-0.1, -0.05) is 126 Å². The maximum absolute atomic E-state index is 13.5. The molecule has 0 aliphatic rings. The van der Waals surface area contributed by atoms with Crippen LogP contribution in [0.3, 0.4) is 0 Å². The summed E-state index contributed by atoms with van der Waals surface area (Å²) in [6.45, 7) is 26.2. The molecule has 0 fully saturated rings. The van der Waals surface area contributed by atoms with Crippen molar-refractivity contribution in [3.63, 3.8) is 0 Å². The van der Waals surface area contributed by atoms with E-state index in [0.29, 0.717) is 22.8 Å². The summed E-state index contributed by atoms with van der Waals surface area (Å²) < 4.78 is 11.6. The number of esters is 2. The van der Waals surface area contributed by atoms with Crippen LogP contribution in [0.4, 0.5) is 0 Å². The fraction of sp³-hybridized carbons (Fsp3) is 0.353. The second kappa shape index (κ2) is 28.5. The molecule has 0 saturated heterocycles. The highest BCUT2D eigenvalue weighted by molar-refractivity contribution is 9.10. The lowest BCUT2D eigenvalue weighted by Crippen LogP contribution is -2.52. The number of phenolic OH excluding ortho intramolecular Hbond substituents is 1. The van der Waals surface area contributed by atoms with E-state index in [2.05, 4.69) is 98.7 Å². The molecule has 18 heteroatoms. The van der Waals surface area contributed by atoms with Gasteiger partial charge in [0, 0.05) is 65.4 Å². The minimum Gasteiger partial charge on any atom is -0.508 e. The van der Waals surface area contributed by atoms with Crippen molar-refractivity contribution < 1.29 is 43.3 Å². The summed E-state index contributed by atoms with van der Waals surface area (Å²) in [6.07, 6.45) is 7.18. The van der Waals surface area contributed by atoms with E-state index in [9.17, 15) is 33.9 Å². The van der Waals surface area contributed by atoms with Gasteiger partial charge in [-0.25, -0.2) is 29.5 Å². The number of aromatic hydroxyl groups is 1. The number of nitrogens with one attached hydrogen (secondary N) is 4. The topological polar surface area (TPSA) is 241 Å². The smallest absolute Gasteiger partial charge is 0.328 e. The molecule has 0 saturated carbocycles. The van der Waals surface area contributed by atoms with Crippen LogP contribution in [0.5, 0.6) is 5.75 Å². The van der Waals surface area contributed by atoms with Crippen LogP contribution in [-0.4, -0.2) is 96.0 Å². The molecule has 2 aromatic heterocycles. The quantitative estimate of drug-likeness (QED) is 0.0534. The van der Waals surface area contributed by atoms with Gasteiger partial charge in [0.25, 0.3) is 11.8 Å². The van der Waals surface area contributed by atoms with Crippen LogP contribution in [0.2, 0.25) is 0 Å². The number of carbonyl (C=O) groups excluding carboxylic acids is 6. The number of amides is 4. The Hall–Kier alpha value is -8.64. The third kappa shape index (κ3) is 20.3. The summed E-state index contributed by atoms with van der Waals surface area (Å²) in [7, 11) is 0. The van der Waals surface area contributed by atoms with Crippen molar-refractivity contribution in [2.45, 2.75) is 156 Å². The van der Waals surface area contributed by atoms with Gasteiger partial charge in [0.05, 0.1) is 4.47 Å². The van der Waals surface area contributed by atoms with Crippen LogP contribution in [-0.2, 0) is 52.3 Å². The molecule has 86 heavy (non-hydrogen) atoms. The van der Waals surface area contributed by atoms with Crippen LogP contribution < -0.4 is 21.3 Å². The molecular weight excluding hydrogens is 1150 g/mol. The van der Waals surface area contributed by atoms with Crippen molar-refractivity contribution in [3.8, 4) is 39.7 Å². The lowest BCUT2D eigenvalue weighted by atomic mass is 9.86. The van der Waals surface area contributed by atoms with Crippen molar-refractivity contribution >= 4 is 51.5 Å². The number of aromatic nitrogens is 4. The second-order valence-corrected chi connectivity index (χ2v) is 26.0. The van der Waals surface area contributed by atoms with E-state index in [1.165, 1.54) is 0 Å². The zero-order valence-electron chi connectivity index (χ0n) is 51.5. The summed E-state index contributed by atoms with van der Waals surface area (Å²) in [6, 6.07) is 32.6. The van der Waals surface area contributed by atoms with E-state index in [4.69, 9.17) is 9.47 Å². The van der Waals surface area contributed by atoms with E-state index >= 15 is 0 Å². The van der Waals surface area contributed by atoms with E-state index in [0.717, 1.165) is 49.0 Å². The Morgan fingerprint density at radius 2 is 0.767 bits per heavy atom. The van der Waals surface area contributed by atoms with Gasteiger partial charge in [0.1, 0.15) is 41.1 Å². The molecule has 7 rings (SSSR count). The molecule has 5 aromatic carbocycles. The average Bonchev–Trinajstić information content (AvgIpc) is 2.59. The fourth-order valence-corrected chi connectivity index (χ4v) is 8.67. The Morgan fingerprint density at radius 1 is 0.442 bits per heavy atom. The highest BCUT2D eigenvalue weighted by Crippen LogP contribution is 2.26. The third-order valence-electron chi connectivity index (χ3n) is 13.3. The van der Waals surface area contributed by atoms with Crippen molar-refractivity contribution in [1.82, 2.24) is 41.2 Å². The number of nitrogens with zero attached hydrogens (tertiary/aromatic N) is 4. The highest BCUT2D eigenvalue weighted by Gasteiger charge is 2.30. The first-order valence-electron chi connectivity index (χ1n) is 28.4. The zero-order chi connectivity index (χ0) is 63.3. The molecule has 0 aliphatic carbocycles. The molecule has 4 amide bonds. The first kappa shape index (κ1) is 66.5. The van der Waals surface area contributed by atoms with Gasteiger partial charge in [-0.2, -0.15) is 0 Å². The fourth-order valence-electron chi connectivity index (χ4n) is 8.46. The van der Waals surface area contributed by atoms with Crippen LogP contribution >= 0.6 is 15.9 Å². The Labute approximate surface area is 513 Å². The van der Waals surface area contributed by atoms with E-state index in [1.807, 2.05) is 72.8 Å². The van der Waals surface area contributed by atoms with E-state index < -0.39 is 65.0 Å².